The molecular formula is C16H21NO3. The fourth-order valence-corrected chi connectivity index (χ4v) is 2.57. The van der Waals surface area contributed by atoms with Gasteiger partial charge in [0.1, 0.15) is 5.54 Å². The quantitative estimate of drug-likeness (QED) is 0.864. The molecular weight excluding hydrogens is 254 g/mol. The summed E-state index contributed by atoms with van der Waals surface area (Å²) < 4.78 is 0. The predicted molar refractivity (Wildman–Crippen MR) is 76.6 cm³/mol. The van der Waals surface area contributed by atoms with Crippen molar-refractivity contribution in [1.82, 2.24) is 5.32 Å². The summed E-state index contributed by atoms with van der Waals surface area (Å²) in [5.41, 5.74) is 2.46. The van der Waals surface area contributed by atoms with E-state index in [9.17, 15) is 9.59 Å². The topological polar surface area (TPSA) is 66.4 Å². The summed E-state index contributed by atoms with van der Waals surface area (Å²) in [5, 5.41) is 11.8. The van der Waals surface area contributed by atoms with Gasteiger partial charge in [0.15, 0.2) is 0 Å². The molecule has 1 aliphatic rings. The van der Waals surface area contributed by atoms with Crippen LogP contribution in [0.3, 0.4) is 0 Å². The van der Waals surface area contributed by atoms with E-state index in [-0.39, 0.29) is 12.3 Å². The van der Waals surface area contributed by atoms with Crippen LogP contribution in [0.4, 0.5) is 0 Å². The number of carbonyl (C=O) groups is 2. The number of hydrogen-bond donors (Lipinski definition) is 2. The van der Waals surface area contributed by atoms with Crippen molar-refractivity contribution in [3.05, 3.63) is 34.9 Å². The van der Waals surface area contributed by atoms with Crippen LogP contribution in [-0.4, -0.2) is 22.5 Å². The lowest BCUT2D eigenvalue weighted by molar-refractivity contribution is -0.146. The van der Waals surface area contributed by atoms with Gasteiger partial charge in [0, 0.05) is 0 Å². The minimum absolute atomic E-state index is 0.232. The van der Waals surface area contributed by atoms with Gasteiger partial charge in [0.05, 0.1) is 6.42 Å². The number of carboxylic acids is 1. The zero-order chi connectivity index (χ0) is 14.8. The summed E-state index contributed by atoms with van der Waals surface area (Å²) in [6.07, 6.45) is 3.97. The molecule has 0 bridgehead atoms. The highest BCUT2D eigenvalue weighted by molar-refractivity contribution is 5.87. The highest BCUT2D eigenvalue weighted by Crippen LogP contribution is 2.23. The number of hydrogen-bond acceptors (Lipinski definition) is 2. The Hall–Kier alpha value is -1.84. The van der Waals surface area contributed by atoms with Crippen LogP contribution in [0.15, 0.2) is 18.2 Å². The Labute approximate surface area is 119 Å². The third-order valence-corrected chi connectivity index (χ3v) is 4.12. The normalized spacial score (nSPS) is 16.3. The summed E-state index contributed by atoms with van der Waals surface area (Å²) in [6, 6.07) is 6.13. The predicted octanol–water partition coefficient (Wildman–Crippen LogP) is 2.09. The van der Waals surface area contributed by atoms with Crippen LogP contribution in [0, 0.1) is 0 Å². The van der Waals surface area contributed by atoms with Gasteiger partial charge >= 0.3 is 5.97 Å². The van der Waals surface area contributed by atoms with Gasteiger partial charge in [-0.25, -0.2) is 4.79 Å². The van der Waals surface area contributed by atoms with E-state index in [1.165, 1.54) is 24.5 Å². The minimum Gasteiger partial charge on any atom is -0.480 e. The number of aliphatic carboxylic acids is 1. The van der Waals surface area contributed by atoms with E-state index < -0.39 is 11.5 Å². The molecule has 1 aromatic carbocycles. The summed E-state index contributed by atoms with van der Waals surface area (Å²) >= 11 is 0. The average molecular weight is 275 g/mol. The standard InChI is InChI=1S/C16H21NO3/c1-3-16(2,15(19)20)17-14(18)10-11-7-8-12-5-4-6-13(12)9-11/h7-9H,3-6,10H2,1-2H3,(H,17,18)(H,19,20). The van der Waals surface area contributed by atoms with E-state index in [2.05, 4.69) is 17.4 Å². The molecule has 0 saturated carbocycles. The maximum atomic E-state index is 12.0. The van der Waals surface area contributed by atoms with Crippen LogP contribution < -0.4 is 5.32 Å². The molecule has 4 nitrogen and oxygen atoms in total. The summed E-state index contributed by atoms with van der Waals surface area (Å²) in [5.74, 6) is -1.24. The first-order chi connectivity index (χ1) is 9.44. The molecule has 0 saturated heterocycles. The maximum absolute atomic E-state index is 12.0. The highest BCUT2D eigenvalue weighted by Gasteiger charge is 2.32. The highest BCUT2D eigenvalue weighted by atomic mass is 16.4. The molecule has 0 aliphatic heterocycles. The molecule has 0 heterocycles. The van der Waals surface area contributed by atoms with E-state index in [0.29, 0.717) is 6.42 Å². The van der Waals surface area contributed by atoms with Crippen LogP contribution in [0.5, 0.6) is 0 Å². The Balaban J connectivity index is 2.03. The van der Waals surface area contributed by atoms with Crippen LogP contribution in [-0.2, 0) is 28.9 Å². The Kier molecular flexibility index (Phi) is 4.12. The van der Waals surface area contributed by atoms with Crippen molar-refractivity contribution in [1.29, 1.82) is 0 Å². The Morgan fingerprint density at radius 3 is 2.65 bits per heavy atom. The lowest BCUT2D eigenvalue weighted by atomic mass is 9.98. The second-order valence-corrected chi connectivity index (χ2v) is 5.67. The fraction of sp³-hybridized carbons (Fsp3) is 0.500. The van der Waals surface area contributed by atoms with E-state index in [1.807, 2.05) is 6.07 Å². The molecule has 2 rings (SSSR count). The van der Waals surface area contributed by atoms with Gasteiger partial charge in [-0.3, -0.25) is 4.79 Å². The first kappa shape index (κ1) is 14.6. The fourth-order valence-electron chi connectivity index (χ4n) is 2.57. The van der Waals surface area contributed by atoms with Crippen molar-refractivity contribution in [2.24, 2.45) is 0 Å². The molecule has 108 valence electrons. The number of fused-ring (bicyclic) bond motifs is 1. The van der Waals surface area contributed by atoms with E-state index in [4.69, 9.17) is 5.11 Å². The Morgan fingerprint density at radius 1 is 1.30 bits per heavy atom. The van der Waals surface area contributed by atoms with Gasteiger partial charge in [-0.05, 0) is 49.3 Å². The molecule has 20 heavy (non-hydrogen) atoms. The summed E-state index contributed by atoms with van der Waals surface area (Å²) in [6.45, 7) is 3.29. The molecule has 0 radical (unpaired) electrons. The number of benzene rings is 1. The SMILES string of the molecule is CCC(C)(NC(=O)Cc1ccc2c(c1)CCC2)C(=O)O. The molecule has 2 N–H and O–H groups in total. The molecule has 0 fully saturated rings. The number of carboxylic acid groups (broad SMARTS) is 1. The van der Waals surface area contributed by atoms with Crippen molar-refractivity contribution < 1.29 is 14.7 Å². The smallest absolute Gasteiger partial charge is 0.329 e. The zero-order valence-corrected chi connectivity index (χ0v) is 12.0. The van der Waals surface area contributed by atoms with E-state index >= 15 is 0 Å². The first-order valence-electron chi connectivity index (χ1n) is 7.09. The first-order valence-corrected chi connectivity index (χ1v) is 7.09. The third kappa shape index (κ3) is 3.00. The number of carbonyl (C=O) groups excluding carboxylic acids is 1. The molecule has 1 aromatic rings. The second-order valence-electron chi connectivity index (χ2n) is 5.67. The molecule has 4 heteroatoms. The van der Waals surface area contributed by atoms with Crippen molar-refractivity contribution in [2.75, 3.05) is 0 Å². The van der Waals surface area contributed by atoms with Gasteiger partial charge in [0.2, 0.25) is 5.91 Å². The number of rotatable bonds is 5. The van der Waals surface area contributed by atoms with Crippen LogP contribution >= 0.6 is 0 Å². The third-order valence-electron chi connectivity index (χ3n) is 4.12. The molecule has 1 amide bonds. The second kappa shape index (κ2) is 5.65. The molecule has 1 aliphatic carbocycles. The van der Waals surface area contributed by atoms with Gasteiger partial charge in [-0.2, -0.15) is 0 Å². The molecule has 0 spiro atoms. The average Bonchev–Trinajstić information content (AvgIpc) is 2.85. The summed E-state index contributed by atoms with van der Waals surface area (Å²) in [4.78, 5) is 23.2. The lowest BCUT2D eigenvalue weighted by Gasteiger charge is -2.24. The number of nitrogens with one attached hydrogen (secondary N) is 1. The van der Waals surface area contributed by atoms with E-state index in [1.54, 1.807) is 6.92 Å². The van der Waals surface area contributed by atoms with Crippen molar-refractivity contribution in [3.63, 3.8) is 0 Å². The van der Waals surface area contributed by atoms with Crippen LogP contribution in [0.2, 0.25) is 0 Å². The number of aryl methyl sites for hydroxylation is 2. The van der Waals surface area contributed by atoms with E-state index in [0.717, 1.165) is 18.4 Å². The van der Waals surface area contributed by atoms with Crippen molar-refractivity contribution in [2.45, 2.75) is 51.5 Å². The monoisotopic (exact) mass is 275 g/mol. The van der Waals surface area contributed by atoms with Gasteiger partial charge < -0.3 is 10.4 Å². The van der Waals surface area contributed by atoms with Crippen molar-refractivity contribution >= 4 is 11.9 Å². The minimum atomic E-state index is -1.19. The molecule has 1 unspecified atom stereocenters. The molecule has 1 atom stereocenters. The number of amides is 1. The van der Waals surface area contributed by atoms with Crippen molar-refractivity contribution in [3.8, 4) is 0 Å². The van der Waals surface area contributed by atoms with Gasteiger partial charge in [-0.1, -0.05) is 25.1 Å². The Morgan fingerprint density at radius 2 is 2.00 bits per heavy atom. The Bertz CT molecular complexity index is 539. The van der Waals surface area contributed by atoms with Gasteiger partial charge in [0.25, 0.3) is 0 Å². The lowest BCUT2D eigenvalue weighted by Crippen LogP contribution is -2.52. The van der Waals surface area contributed by atoms with Gasteiger partial charge in [-0.15, -0.1) is 0 Å². The summed E-state index contributed by atoms with van der Waals surface area (Å²) in [7, 11) is 0. The van der Waals surface area contributed by atoms with Crippen LogP contribution in [0.1, 0.15) is 43.4 Å². The van der Waals surface area contributed by atoms with Crippen LogP contribution in [0.25, 0.3) is 0 Å². The largest absolute Gasteiger partial charge is 0.480 e. The molecule has 0 aromatic heterocycles. The zero-order valence-electron chi connectivity index (χ0n) is 12.0. The maximum Gasteiger partial charge on any atom is 0.329 e.